The van der Waals surface area contributed by atoms with Gasteiger partial charge in [0.1, 0.15) is 5.75 Å². The standard InChI is InChI=1S/C14H16BrNOS/c1-3-17-12-6-4-5-10(7-12)14(16-2)13-8-11(15)9-18-13/h4-9,14,16H,3H2,1-2H3. The lowest BCUT2D eigenvalue weighted by atomic mass is 10.1. The van der Waals surface area contributed by atoms with Crippen molar-refractivity contribution in [2.24, 2.45) is 0 Å². The van der Waals surface area contributed by atoms with Gasteiger partial charge >= 0.3 is 0 Å². The van der Waals surface area contributed by atoms with E-state index in [-0.39, 0.29) is 6.04 Å². The third-order valence-electron chi connectivity index (χ3n) is 2.66. The fraction of sp³-hybridized carbons (Fsp3) is 0.286. The Morgan fingerprint density at radius 2 is 2.22 bits per heavy atom. The average Bonchev–Trinajstić information content (AvgIpc) is 2.78. The van der Waals surface area contributed by atoms with Gasteiger partial charge in [0.25, 0.3) is 0 Å². The Morgan fingerprint density at radius 1 is 1.39 bits per heavy atom. The zero-order valence-electron chi connectivity index (χ0n) is 10.4. The number of nitrogens with one attached hydrogen (secondary N) is 1. The van der Waals surface area contributed by atoms with Crippen molar-refractivity contribution in [2.75, 3.05) is 13.7 Å². The van der Waals surface area contributed by atoms with Crippen LogP contribution in [0.2, 0.25) is 0 Å². The first-order valence-electron chi connectivity index (χ1n) is 5.88. The molecule has 0 spiro atoms. The first kappa shape index (κ1) is 13.6. The van der Waals surface area contributed by atoms with Gasteiger partial charge in [-0.3, -0.25) is 0 Å². The maximum atomic E-state index is 5.55. The molecule has 2 rings (SSSR count). The first-order chi connectivity index (χ1) is 8.74. The summed E-state index contributed by atoms with van der Waals surface area (Å²) in [4.78, 5) is 1.29. The molecular weight excluding hydrogens is 310 g/mol. The Morgan fingerprint density at radius 3 is 2.83 bits per heavy atom. The molecule has 0 saturated heterocycles. The summed E-state index contributed by atoms with van der Waals surface area (Å²) in [7, 11) is 1.98. The van der Waals surface area contributed by atoms with Gasteiger partial charge in [-0.1, -0.05) is 12.1 Å². The van der Waals surface area contributed by atoms with Gasteiger partial charge in [0.05, 0.1) is 12.6 Å². The number of hydrogen-bond donors (Lipinski definition) is 1. The van der Waals surface area contributed by atoms with Crippen LogP contribution in [0.5, 0.6) is 5.75 Å². The van der Waals surface area contributed by atoms with Crippen LogP contribution in [0, 0.1) is 0 Å². The average molecular weight is 326 g/mol. The molecule has 0 amide bonds. The SMILES string of the molecule is CCOc1cccc(C(NC)c2cc(Br)cs2)c1. The van der Waals surface area contributed by atoms with Crippen LogP contribution in [0.3, 0.4) is 0 Å². The Hall–Kier alpha value is -0.840. The summed E-state index contributed by atoms with van der Waals surface area (Å²) in [5.74, 6) is 0.922. The lowest BCUT2D eigenvalue weighted by molar-refractivity contribution is 0.339. The molecule has 1 N–H and O–H groups in total. The van der Waals surface area contributed by atoms with E-state index in [1.165, 1.54) is 10.4 Å². The molecule has 1 unspecified atom stereocenters. The second-order valence-electron chi connectivity index (χ2n) is 3.89. The second-order valence-corrected chi connectivity index (χ2v) is 5.75. The highest BCUT2D eigenvalue weighted by Gasteiger charge is 2.14. The maximum absolute atomic E-state index is 5.55. The largest absolute Gasteiger partial charge is 0.494 e. The molecule has 0 aliphatic carbocycles. The van der Waals surface area contributed by atoms with E-state index in [1.807, 2.05) is 26.1 Å². The fourth-order valence-electron chi connectivity index (χ4n) is 1.90. The molecule has 1 aromatic heterocycles. The van der Waals surface area contributed by atoms with E-state index >= 15 is 0 Å². The van der Waals surface area contributed by atoms with Crippen molar-refractivity contribution in [1.82, 2.24) is 5.32 Å². The predicted octanol–water partition coefficient (Wildman–Crippen LogP) is 4.22. The molecule has 1 heterocycles. The highest BCUT2D eigenvalue weighted by Crippen LogP contribution is 2.31. The van der Waals surface area contributed by atoms with Crippen molar-refractivity contribution < 1.29 is 4.74 Å². The smallest absolute Gasteiger partial charge is 0.119 e. The predicted molar refractivity (Wildman–Crippen MR) is 80.5 cm³/mol. The van der Waals surface area contributed by atoms with E-state index in [4.69, 9.17) is 4.74 Å². The summed E-state index contributed by atoms with van der Waals surface area (Å²) in [5.41, 5.74) is 1.22. The van der Waals surface area contributed by atoms with Crippen molar-refractivity contribution in [1.29, 1.82) is 0 Å². The normalized spacial score (nSPS) is 12.4. The van der Waals surface area contributed by atoms with Crippen molar-refractivity contribution in [3.63, 3.8) is 0 Å². The second kappa shape index (κ2) is 6.36. The number of hydrogen-bond acceptors (Lipinski definition) is 3. The van der Waals surface area contributed by atoms with Crippen molar-refractivity contribution in [2.45, 2.75) is 13.0 Å². The Kier molecular flexibility index (Phi) is 4.80. The summed E-state index contributed by atoms with van der Waals surface area (Å²) >= 11 is 5.25. The zero-order valence-corrected chi connectivity index (χ0v) is 12.8. The Balaban J connectivity index is 2.29. The van der Waals surface area contributed by atoms with E-state index < -0.39 is 0 Å². The van der Waals surface area contributed by atoms with E-state index in [0.717, 1.165) is 10.2 Å². The number of ether oxygens (including phenoxy) is 1. The summed E-state index contributed by atoms with van der Waals surface area (Å²) in [5, 5.41) is 5.45. The number of thiophene rings is 1. The van der Waals surface area contributed by atoms with E-state index in [2.05, 4.69) is 44.8 Å². The van der Waals surface area contributed by atoms with Gasteiger partial charge in [-0.2, -0.15) is 0 Å². The number of benzene rings is 1. The summed E-state index contributed by atoms with van der Waals surface area (Å²) in [6.45, 7) is 2.69. The number of rotatable bonds is 5. The molecule has 2 aromatic rings. The molecule has 0 bridgehead atoms. The Labute approximate surface area is 120 Å². The van der Waals surface area contributed by atoms with Crippen LogP contribution in [0.1, 0.15) is 23.4 Å². The minimum atomic E-state index is 0.210. The molecule has 96 valence electrons. The minimum absolute atomic E-state index is 0.210. The lowest BCUT2D eigenvalue weighted by Crippen LogP contribution is -2.16. The van der Waals surface area contributed by atoms with Crippen LogP contribution in [0.4, 0.5) is 0 Å². The molecule has 1 atom stereocenters. The molecule has 0 aliphatic rings. The quantitative estimate of drug-likeness (QED) is 0.888. The topological polar surface area (TPSA) is 21.3 Å². The summed E-state index contributed by atoms with van der Waals surface area (Å²) in [6, 6.07) is 10.6. The van der Waals surface area contributed by atoms with Gasteiger partial charge in [-0.15, -0.1) is 11.3 Å². The van der Waals surface area contributed by atoms with Crippen LogP contribution in [0.25, 0.3) is 0 Å². The molecule has 0 saturated carbocycles. The third kappa shape index (κ3) is 3.13. The van der Waals surface area contributed by atoms with Gasteiger partial charge in [0, 0.05) is 14.7 Å². The highest BCUT2D eigenvalue weighted by atomic mass is 79.9. The van der Waals surface area contributed by atoms with Gasteiger partial charge in [0.2, 0.25) is 0 Å². The molecule has 0 radical (unpaired) electrons. The van der Waals surface area contributed by atoms with Crippen molar-refractivity contribution in [3.8, 4) is 5.75 Å². The van der Waals surface area contributed by atoms with Crippen LogP contribution < -0.4 is 10.1 Å². The Bertz CT molecular complexity index is 512. The van der Waals surface area contributed by atoms with E-state index in [1.54, 1.807) is 11.3 Å². The monoisotopic (exact) mass is 325 g/mol. The van der Waals surface area contributed by atoms with Crippen LogP contribution in [-0.2, 0) is 0 Å². The molecule has 2 nitrogen and oxygen atoms in total. The lowest BCUT2D eigenvalue weighted by Gasteiger charge is -2.16. The van der Waals surface area contributed by atoms with Crippen molar-refractivity contribution in [3.05, 3.63) is 50.6 Å². The first-order valence-corrected chi connectivity index (χ1v) is 7.55. The molecule has 0 aliphatic heterocycles. The van der Waals surface area contributed by atoms with Gasteiger partial charge in [-0.25, -0.2) is 0 Å². The molecular formula is C14H16BrNOS. The summed E-state index contributed by atoms with van der Waals surface area (Å²) < 4.78 is 6.68. The van der Waals surface area contributed by atoms with Crippen LogP contribution >= 0.6 is 27.3 Å². The molecule has 4 heteroatoms. The van der Waals surface area contributed by atoms with E-state index in [9.17, 15) is 0 Å². The van der Waals surface area contributed by atoms with Crippen molar-refractivity contribution >= 4 is 27.3 Å². The number of halogens is 1. The van der Waals surface area contributed by atoms with Crippen LogP contribution in [-0.4, -0.2) is 13.7 Å². The molecule has 1 aromatic carbocycles. The molecule has 18 heavy (non-hydrogen) atoms. The van der Waals surface area contributed by atoms with Gasteiger partial charge < -0.3 is 10.1 Å². The minimum Gasteiger partial charge on any atom is -0.494 e. The zero-order chi connectivity index (χ0) is 13.0. The summed E-state index contributed by atoms with van der Waals surface area (Å²) in [6.07, 6.45) is 0. The highest BCUT2D eigenvalue weighted by molar-refractivity contribution is 9.10. The van der Waals surface area contributed by atoms with Gasteiger partial charge in [-0.05, 0) is 53.7 Å². The van der Waals surface area contributed by atoms with E-state index in [0.29, 0.717) is 6.61 Å². The molecule has 0 fully saturated rings. The maximum Gasteiger partial charge on any atom is 0.119 e. The fourth-order valence-corrected chi connectivity index (χ4v) is 3.48. The van der Waals surface area contributed by atoms with Crippen LogP contribution in [0.15, 0.2) is 40.2 Å². The third-order valence-corrected chi connectivity index (χ3v) is 4.42. The van der Waals surface area contributed by atoms with Gasteiger partial charge in [0.15, 0.2) is 0 Å².